The number of methoxy groups -OCH3 is 3. The first kappa shape index (κ1) is 26.4. The first-order valence-electron chi connectivity index (χ1n) is 11.6. The van der Waals surface area contributed by atoms with Crippen LogP contribution in [0, 0.1) is 0 Å². The third kappa shape index (κ3) is 5.38. The molecule has 3 rings (SSSR count). The lowest BCUT2D eigenvalue weighted by atomic mass is 9.98. The topological polar surface area (TPSA) is 96.2 Å². The maximum Gasteiger partial charge on any atom is 0.347 e. The molecule has 0 amide bonds. The number of hydrogen-bond donors (Lipinski definition) is 1. The normalized spacial score (nSPS) is 10.9. The Hall–Kier alpha value is -4.20. The van der Waals surface area contributed by atoms with Gasteiger partial charge in [-0.25, -0.2) is 4.79 Å². The van der Waals surface area contributed by atoms with E-state index in [1.165, 1.54) is 18.8 Å². The van der Waals surface area contributed by atoms with Gasteiger partial charge in [-0.15, -0.1) is 0 Å². The number of carbonyl (C=O) groups excluding carboxylic acids is 1. The Bertz CT molecular complexity index is 1310. The van der Waals surface area contributed by atoms with Gasteiger partial charge in [0.1, 0.15) is 17.2 Å². The highest BCUT2D eigenvalue weighted by Crippen LogP contribution is 2.34. The fraction of sp³-hybridized carbons (Fsp3) is 0.286. The van der Waals surface area contributed by atoms with Crippen LogP contribution in [0.2, 0.25) is 0 Å². The number of pyridine rings is 1. The molecule has 3 aromatic rings. The van der Waals surface area contributed by atoms with Gasteiger partial charge in [-0.2, -0.15) is 0 Å². The number of aromatic nitrogens is 1. The van der Waals surface area contributed by atoms with Gasteiger partial charge in [-0.05, 0) is 42.7 Å². The van der Waals surface area contributed by atoms with E-state index in [0.29, 0.717) is 46.9 Å². The molecule has 0 atom stereocenters. The predicted octanol–water partition coefficient (Wildman–Crippen LogP) is 4.64. The van der Waals surface area contributed by atoms with Crippen LogP contribution in [-0.4, -0.2) is 43.6 Å². The number of benzene rings is 2. The van der Waals surface area contributed by atoms with Gasteiger partial charge >= 0.3 is 5.97 Å². The lowest BCUT2D eigenvalue weighted by molar-refractivity contribution is 0.0594. The highest BCUT2D eigenvalue weighted by atomic mass is 16.5. The molecule has 0 aliphatic carbocycles. The molecule has 0 unspecified atom stereocenters. The Labute approximate surface area is 210 Å². The van der Waals surface area contributed by atoms with Crippen LogP contribution >= 0.6 is 0 Å². The van der Waals surface area contributed by atoms with Crippen molar-refractivity contribution in [2.75, 3.05) is 27.9 Å². The molecule has 1 heterocycles. The largest absolute Gasteiger partial charge is 0.506 e. The molecular formula is C28H31NO7. The lowest BCUT2D eigenvalue weighted by Gasteiger charge is -2.21. The minimum Gasteiger partial charge on any atom is -0.506 e. The van der Waals surface area contributed by atoms with Gasteiger partial charge in [0, 0.05) is 17.2 Å². The quantitative estimate of drug-likeness (QED) is 0.325. The van der Waals surface area contributed by atoms with Crippen LogP contribution in [0.15, 0.2) is 53.5 Å². The molecule has 0 aliphatic rings. The Balaban J connectivity index is 2.27. The SMILES string of the molecule is CCO/C=C/c1ccc(-c2c(CC)c(O)c(C(=O)OC)c(=O)n2Cc2ccc(OC)cc2OC)cc1. The third-order valence-corrected chi connectivity index (χ3v) is 5.81. The molecule has 0 aliphatic heterocycles. The van der Waals surface area contributed by atoms with Gasteiger partial charge in [0.05, 0.1) is 46.4 Å². The van der Waals surface area contributed by atoms with E-state index in [-0.39, 0.29) is 12.3 Å². The second-order valence-corrected chi connectivity index (χ2v) is 7.85. The summed E-state index contributed by atoms with van der Waals surface area (Å²) in [6.07, 6.45) is 3.83. The van der Waals surface area contributed by atoms with Gasteiger partial charge in [-0.3, -0.25) is 4.79 Å². The van der Waals surface area contributed by atoms with E-state index in [1.807, 2.05) is 44.2 Å². The van der Waals surface area contributed by atoms with E-state index in [9.17, 15) is 14.7 Å². The molecule has 0 spiro atoms. The second-order valence-electron chi connectivity index (χ2n) is 7.85. The third-order valence-electron chi connectivity index (χ3n) is 5.81. The second kappa shape index (κ2) is 12.0. The predicted molar refractivity (Wildman–Crippen MR) is 138 cm³/mol. The van der Waals surface area contributed by atoms with Gasteiger partial charge in [0.25, 0.3) is 5.56 Å². The summed E-state index contributed by atoms with van der Waals surface area (Å²) in [4.78, 5) is 26.1. The number of aromatic hydroxyl groups is 1. The summed E-state index contributed by atoms with van der Waals surface area (Å²) in [5, 5.41) is 11.0. The van der Waals surface area contributed by atoms with Crippen LogP contribution in [0.3, 0.4) is 0 Å². The van der Waals surface area contributed by atoms with Crippen LogP contribution in [0.1, 0.15) is 40.9 Å². The van der Waals surface area contributed by atoms with Gasteiger partial charge in [0.2, 0.25) is 0 Å². The highest BCUT2D eigenvalue weighted by Gasteiger charge is 2.27. The molecule has 1 aromatic heterocycles. The number of esters is 1. The fourth-order valence-corrected chi connectivity index (χ4v) is 3.99. The average molecular weight is 494 g/mol. The Morgan fingerprint density at radius 2 is 1.75 bits per heavy atom. The van der Waals surface area contributed by atoms with Crippen molar-refractivity contribution in [2.45, 2.75) is 26.8 Å². The number of carbonyl (C=O) groups is 1. The lowest BCUT2D eigenvalue weighted by Crippen LogP contribution is -2.30. The molecule has 0 radical (unpaired) electrons. The first-order chi connectivity index (χ1) is 17.4. The smallest absolute Gasteiger partial charge is 0.347 e. The molecule has 0 saturated heterocycles. The molecular weight excluding hydrogens is 462 g/mol. The number of ether oxygens (including phenoxy) is 4. The average Bonchev–Trinajstić information content (AvgIpc) is 2.90. The zero-order valence-corrected chi connectivity index (χ0v) is 21.2. The number of hydrogen-bond acceptors (Lipinski definition) is 7. The summed E-state index contributed by atoms with van der Waals surface area (Å²) in [7, 11) is 4.26. The van der Waals surface area contributed by atoms with Crippen LogP contribution < -0.4 is 15.0 Å². The van der Waals surface area contributed by atoms with Crippen molar-refractivity contribution in [1.82, 2.24) is 4.57 Å². The van der Waals surface area contributed by atoms with Crippen molar-refractivity contribution < 1.29 is 28.8 Å². The van der Waals surface area contributed by atoms with Crippen LogP contribution in [0.5, 0.6) is 17.2 Å². The van der Waals surface area contributed by atoms with Crippen molar-refractivity contribution in [3.05, 3.63) is 81.3 Å². The molecule has 0 saturated carbocycles. The monoisotopic (exact) mass is 493 g/mol. The molecule has 190 valence electrons. The molecule has 2 aromatic carbocycles. The summed E-state index contributed by atoms with van der Waals surface area (Å²) in [5.41, 5.74) is 2.21. The number of nitrogens with zero attached hydrogens (tertiary/aromatic N) is 1. The van der Waals surface area contributed by atoms with E-state index in [4.69, 9.17) is 18.9 Å². The van der Waals surface area contributed by atoms with E-state index in [1.54, 1.807) is 31.6 Å². The van der Waals surface area contributed by atoms with Crippen LogP contribution in [0.25, 0.3) is 17.3 Å². The maximum absolute atomic E-state index is 13.6. The van der Waals surface area contributed by atoms with E-state index >= 15 is 0 Å². The maximum atomic E-state index is 13.6. The summed E-state index contributed by atoms with van der Waals surface area (Å²) >= 11 is 0. The van der Waals surface area contributed by atoms with Crippen molar-refractivity contribution >= 4 is 12.0 Å². The van der Waals surface area contributed by atoms with Crippen molar-refractivity contribution in [2.24, 2.45) is 0 Å². The summed E-state index contributed by atoms with van der Waals surface area (Å²) in [5.74, 6) is -0.142. The number of rotatable bonds is 10. The van der Waals surface area contributed by atoms with E-state index < -0.39 is 17.1 Å². The van der Waals surface area contributed by atoms with E-state index in [0.717, 1.165) is 5.56 Å². The summed E-state index contributed by atoms with van der Waals surface area (Å²) in [6, 6.07) is 12.8. The minimum atomic E-state index is -0.898. The molecule has 8 nitrogen and oxygen atoms in total. The molecule has 0 bridgehead atoms. The van der Waals surface area contributed by atoms with Crippen molar-refractivity contribution in [3.8, 4) is 28.5 Å². The van der Waals surface area contributed by atoms with Crippen LogP contribution in [0.4, 0.5) is 0 Å². The summed E-state index contributed by atoms with van der Waals surface area (Å²) < 4.78 is 22.4. The fourth-order valence-electron chi connectivity index (χ4n) is 3.99. The van der Waals surface area contributed by atoms with Gasteiger partial charge in [-0.1, -0.05) is 31.2 Å². The minimum absolute atomic E-state index is 0.0879. The van der Waals surface area contributed by atoms with Gasteiger partial charge in [0.15, 0.2) is 5.56 Å². The van der Waals surface area contributed by atoms with Crippen molar-refractivity contribution in [1.29, 1.82) is 0 Å². The highest BCUT2D eigenvalue weighted by molar-refractivity contribution is 5.93. The molecule has 1 N–H and O–H groups in total. The molecule has 8 heteroatoms. The van der Waals surface area contributed by atoms with Crippen LogP contribution in [-0.2, 0) is 22.4 Å². The summed E-state index contributed by atoms with van der Waals surface area (Å²) in [6.45, 7) is 4.41. The Kier molecular flexibility index (Phi) is 8.78. The Morgan fingerprint density at radius 3 is 2.33 bits per heavy atom. The molecule has 36 heavy (non-hydrogen) atoms. The molecule has 0 fully saturated rings. The van der Waals surface area contributed by atoms with Crippen molar-refractivity contribution in [3.63, 3.8) is 0 Å². The van der Waals surface area contributed by atoms with E-state index in [2.05, 4.69) is 0 Å². The zero-order chi connectivity index (χ0) is 26.2. The van der Waals surface area contributed by atoms with Gasteiger partial charge < -0.3 is 28.6 Å². The first-order valence-corrected chi connectivity index (χ1v) is 11.6. The Morgan fingerprint density at radius 1 is 1.03 bits per heavy atom. The standard InChI is InChI=1S/C28H31NO7/c1-6-22-25(19-10-8-18(9-11-19)14-15-36-7-2)29(27(31)24(26(22)30)28(32)35-5)17-20-12-13-21(33-3)16-23(20)34-4/h8-16,30H,6-7,17H2,1-5H3/b15-14+. The zero-order valence-electron chi connectivity index (χ0n) is 21.2.